The summed E-state index contributed by atoms with van der Waals surface area (Å²) in [5.74, 6) is 0. The Balaban J connectivity index is -0.000000320. The van der Waals surface area contributed by atoms with Gasteiger partial charge >= 0.3 is 79.9 Å². The Bertz CT molecular complexity index is 240. The molecule has 0 unspecified atom stereocenters. The zero-order valence-electron chi connectivity index (χ0n) is 3.75. The van der Waals surface area contributed by atoms with Crippen LogP contribution in [0.25, 0.3) is 0 Å². The van der Waals surface area contributed by atoms with Crippen molar-refractivity contribution in [2.75, 3.05) is 0 Å². The zero-order valence-corrected chi connectivity index (χ0v) is 5.39. The van der Waals surface area contributed by atoms with Gasteiger partial charge in [0, 0.05) is 0 Å². The van der Waals surface area contributed by atoms with Gasteiger partial charge in [0.15, 0.2) is 0 Å². The van der Waals surface area contributed by atoms with E-state index in [1.54, 1.807) is 0 Å². The van der Waals surface area contributed by atoms with Gasteiger partial charge in [-0.15, -0.1) is 3.63 Å². The molecule has 2 N–H and O–H groups in total. The molecule has 0 heterocycles. The Hall–Kier alpha value is 1.78. The molecule has 0 saturated carbocycles. The molecule has 0 aliphatic carbocycles. The molecule has 0 aliphatic rings. The van der Waals surface area contributed by atoms with E-state index in [0.29, 0.717) is 0 Å². The molecule has 60 valence electrons. The number of hydrogen-bond donors (Lipinski definition) is 2. The van der Waals surface area contributed by atoms with Gasteiger partial charge in [0.25, 0.3) is 0 Å². The molecular formula is H4Na2O7S2. The van der Waals surface area contributed by atoms with E-state index in [1.807, 2.05) is 0 Å². The van der Waals surface area contributed by atoms with E-state index in [2.05, 4.69) is 3.63 Å². The monoisotopic (exact) mass is 226 g/mol. The fourth-order valence-electron chi connectivity index (χ4n) is 0.109. The minimum absolute atomic E-state index is 0. The number of rotatable bonds is 2. The Morgan fingerprint density at radius 3 is 1.00 bits per heavy atom. The van der Waals surface area contributed by atoms with Crippen LogP contribution in [0.15, 0.2) is 0 Å². The summed E-state index contributed by atoms with van der Waals surface area (Å²) in [6.45, 7) is 0. The van der Waals surface area contributed by atoms with Crippen molar-refractivity contribution in [1.29, 1.82) is 0 Å². The molecule has 0 aromatic heterocycles. The van der Waals surface area contributed by atoms with E-state index >= 15 is 0 Å². The molecule has 0 aliphatic heterocycles. The Morgan fingerprint density at radius 1 is 0.818 bits per heavy atom. The predicted molar refractivity (Wildman–Crippen MR) is 38.5 cm³/mol. The van der Waals surface area contributed by atoms with Crippen LogP contribution in [0.2, 0.25) is 0 Å². The van der Waals surface area contributed by atoms with Crippen LogP contribution in [-0.4, -0.2) is 85.1 Å². The molecule has 0 aromatic rings. The van der Waals surface area contributed by atoms with Crippen LogP contribution in [0.1, 0.15) is 0 Å². The molecule has 7 nitrogen and oxygen atoms in total. The third kappa shape index (κ3) is 18.6. The summed E-state index contributed by atoms with van der Waals surface area (Å²) < 4.78 is 55.6. The second kappa shape index (κ2) is 6.27. The van der Waals surface area contributed by atoms with Gasteiger partial charge in [0.1, 0.15) is 0 Å². The normalized spacial score (nSPS) is 11.1. The topological polar surface area (TPSA) is 118 Å². The fourth-order valence-corrected chi connectivity index (χ4v) is 0.978. The van der Waals surface area contributed by atoms with Crippen molar-refractivity contribution in [3.8, 4) is 0 Å². The molecule has 0 fully saturated rings. The molecule has 0 rings (SSSR count). The minimum atomic E-state index is -5.12. The van der Waals surface area contributed by atoms with Crippen molar-refractivity contribution in [2.45, 2.75) is 0 Å². The van der Waals surface area contributed by atoms with Crippen LogP contribution in [0, 0.1) is 0 Å². The van der Waals surface area contributed by atoms with E-state index in [1.165, 1.54) is 0 Å². The van der Waals surface area contributed by atoms with E-state index in [0.717, 1.165) is 0 Å². The van der Waals surface area contributed by atoms with E-state index in [4.69, 9.17) is 9.11 Å². The van der Waals surface area contributed by atoms with Gasteiger partial charge in [-0.3, -0.25) is 9.11 Å². The van der Waals surface area contributed by atoms with Crippen LogP contribution in [0.4, 0.5) is 0 Å². The van der Waals surface area contributed by atoms with Crippen molar-refractivity contribution in [3.05, 3.63) is 0 Å². The average Bonchev–Trinajstić information content (AvgIpc) is 1.14. The predicted octanol–water partition coefficient (Wildman–Crippen LogP) is -2.69. The molecule has 0 amide bonds. The molecule has 0 atom stereocenters. The van der Waals surface area contributed by atoms with E-state index in [-0.39, 0.29) is 59.1 Å². The third-order valence-corrected chi connectivity index (χ3v) is 1.55. The van der Waals surface area contributed by atoms with Crippen LogP contribution >= 0.6 is 0 Å². The summed E-state index contributed by atoms with van der Waals surface area (Å²) in [7, 11) is -10.2. The molecule has 11 heavy (non-hydrogen) atoms. The molecule has 11 heteroatoms. The van der Waals surface area contributed by atoms with Gasteiger partial charge < -0.3 is 0 Å². The van der Waals surface area contributed by atoms with Crippen LogP contribution in [0.5, 0.6) is 0 Å². The molecule has 0 radical (unpaired) electrons. The number of hydrogen-bond acceptors (Lipinski definition) is 5. The maximum atomic E-state index is 9.44. The standard InChI is InChI=1S/2Na.H2O7S2.2H/c;;1-8(2,3)7-9(4,5)6;;/h;;(H,1,2,3)(H,4,5,6);;. The van der Waals surface area contributed by atoms with Crippen molar-refractivity contribution in [3.63, 3.8) is 0 Å². The molecular weight excluding hydrogens is 222 g/mol. The summed E-state index contributed by atoms with van der Waals surface area (Å²) in [4.78, 5) is 0. The molecule has 0 aromatic carbocycles. The zero-order chi connectivity index (χ0) is 7.71. The Labute approximate surface area is 108 Å². The van der Waals surface area contributed by atoms with Gasteiger partial charge in [-0.1, -0.05) is 0 Å². The molecule has 0 saturated heterocycles. The molecule has 0 bridgehead atoms. The van der Waals surface area contributed by atoms with Gasteiger partial charge in [-0.25, -0.2) is 0 Å². The van der Waals surface area contributed by atoms with Crippen molar-refractivity contribution < 1.29 is 29.6 Å². The van der Waals surface area contributed by atoms with E-state index in [9.17, 15) is 16.8 Å². The van der Waals surface area contributed by atoms with Crippen molar-refractivity contribution in [1.82, 2.24) is 0 Å². The van der Waals surface area contributed by atoms with Crippen LogP contribution in [-0.2, 0) is 24.4 Å². The average molecular weight is 226 g/mol. The van der Waals surface area contributed by atoms with E-state index < -0.39 is 20.8 Å². The molecule has 0 spiro atoms. The fraction of sp³-hybridized carbons (Fsp3) is 0. The summed E-state index contributed by atoms with van der Waals surface area (Å²) in [5, 5.41) is 0. The van der Waals surface area contributed by atoms with Crippen LogP contribution < -0.4 is 0 Å². The Kier molecular flexibility index (Phi) is 10.6. The third-order valence-electron chi connectivity index (χ3n) is 0.172. The van der Waals surface area contributed by atoms with Crippen molar-refractivity contribution in [2.24, 2.45) is 0 Å². The SMILES string of the molecule is O=S(=O)(O)OS(=O)(=O)O.[NaH].[NaH]. The summed E-state index contributed by atoms with van der Waals surface area (Å²) in [6.07, 6.45) is 0. The van der Waals surface area contributed by atoms with Gasteiger partial charge in [0.2, 0.25) is 0 Å². The Morgan fingerprint density at radius 2 is 1.00 bits per heavy atom. The summed E-state index contributed by atoms with van der Waals surface area (Å²) in [6, 6.07) is 0. The first-order valence-corrected chi connectivity index (χ1v) is 4.10. The van der Waals surface area contributed by atoms with Gasteiger partial charge in [0.05, 0.1) is 0 Å². The van der Waals surface area contributed by atoms with Gasteiger partial charge in [-0.05, 0) is 0 Å². The maximum absolute atomic E-state index is 9.44. The summed E-state index contributed by atoms with van der Waals surface area (Å²) >= 11 is 0. The van der Waals surface area contributed by atoms with Gasteiger partial charge in [-0.2, -0.15) is 16.8 Å². The first-order valence-electron chi connectivity index (χ1n) is 1.37. The first kappa shape index (κ1) is 18.5. The van der Waals surface area contributed by atoms with Crippen molar-refractivity contribution >= 4 is 79.9 Å². The summed E-state index contributed by atoms with van der Waals surface area (Å²) in [5.41, 5.74) is 0. The first-order chi connectivity index (χ1) is 3.71. The second-order valence-electron chi connectivity index (χ2n) is 0.924. The van der Waals surface area contributed by atoms with Crippen LogP contribution in [0.3, 0.4) is 0 Å². The quantitative estimate of drug-likeness (QED) is 0.388. The second-order valence-corrected chi connectivity index (χ2v) is 3.18.